The monoisotopic (exact) mass is 771 g/mol. The van der Waals surface area contributed by atoms with Gasteiger partial charge < -0.3 is 17.2 Å². The van der Waals surface area contributed by atoms with Crippen molar-refractivity contribution < 1.29 is 0 Å². The number of hydrogen-bond acceptors (Lipinski definition) is 3. The van der Waals surface area contributed by atoms with E-state index in [0.29, 0.717) is 0 Å². The molecule has 0 aliphatic heterocycles. The van der Waals surface area contributed by atoms with E-state index >= 15 is 0 Å². The fourth-order valence-corrected chi connectivity index (χ4v) is 3.30. The first-order valence-electron chi connectivity index (χ1n) is 11.9. The van der Waals surface area contributed by atoms with Gasteiger partial charge in [0.15, 0.2) is 0 Å². The lowest BCUT2D eigenvalue weighted by atomic mass is 9.89. The molecule has 0 radical (unpaired) electrons. The fraction of sp³-hybridized carbons (Fsp3) is 1.00. The van der Waals surface area contributed by atoms with E-state index in [-0.39, 0.29) is 88.5 Å². The summed E-state index contributed by atoms with van der Waals surface area (Å²) in [5.74, 6) is 0. The van der Waals surface area contributed by atoms with Crippen LogP contribution < -0.4 is 17.2 Å². The molecule has 0 aliphatic carbocycles. The third-order valence-corrected chi connectivity index (χ3v) is 6.47. The molecule has 0 aromatic heterocycles. The molecule has 0 saturated carbocycles. The summed E-state index contributed by atoms with van der Waals surface area (Å²) in [5, 5.41) is 0. The summed E-state index contributed by atoms with van der Waals surface area (Å²) in [7, 11) is 0. The van der Waals surface area contributed by atoms with E-state index in [0.717, 1.165) is 38.5 Å². The second-order valence-electron chi connectivity index (χ2n) is 8.46. The molecule has 0 amide bonds. The minimum absolute atomic E-state index is 0. The van der Waals surface area contributed by atoms with Gasteiger partial charge in [0.2, 0.25) is 0 Å². The third kappa shape index (κ3) is 24.7. The predicted octanol–water partition coefficient (Wildman–Crippen LogP) is 8.77. The summed E-state index contributed by atoms with van der Waals surface area (Å²) in [6.45, 7) is 19.6. The number of nitrogens with two attached hydrogens (primary N) is 3. The standard InChI is InChI=1S/3C8H19N.3HI/c3*1-4-7-8(9,5-2)6-3;;;/h3*4-7,9H2,1-3H3;3*1H. The quantitative estimate of drug-likeness (QED) is 0.174. The molecule has 0 aliphatic rings. The largest absolute Gasteiger partial charge is 0.325 e. The molecule has 6 heteroatoms. The Hall–Kier alpha value is 2.07. The van der Waals surface area contributed by atoms with Crippen molar-refractivity contribution in [1.29, 1.82) is 0 Å². The van der Waals surface area contributed by atoms with Crippen molar-refractivity contribution in [2.24, 2.45) is 17.2 Å². The summed E-state index contributed by atoms with van der Waals surface area (Å²) in [5.41, 5.74) is 18.4. The molecule has 0 heterocycles. The Bertz CT molecular complexity index is 257. The molecule has 0 spiro atoms. The van der Waals surface area contributed by atoms with Crippen molar-refractivity contribution in [1.82, 2.24) is 0 Å². The van der Waals surface area contributed by atoms with Crippen LogP contribution in [0.15, 0.2) is 0 Å². The molecule has 3 nitrogen and oxygen atoms in total. The van der Waals surface area contributed by atoms with Crippen LogP contribution in [0.1, 0.15) is 139 Å². The average molecular weight is 771 g/mol. The molecule has 0 atom stereocenters. The minimum Gasteiger partial charge on any atom is -0.325 e. The Morgan fingerprint density at radius 3 is 0.533 bits per heavy atom. The molecule has 0 rings (SSSR count). The van der Waals surface area contributed by atoms with Crippen LogP contribution in [0.5, 0.6) is 0 Å². The van der Waals surface area contributed by atoms with Gasteiger partial charge in [-0.25, -0.2) is 0 Å². The van der Waals surface area contributed by atoms with E-state index in [1.807, 2.05) is 0 Å². The highest BCUT2D eigenvalue weighted by Gasteiger charge is 2.18. The van der Waals surface area contributed by atoms with Crippen molar-refractivity contribution in [2.45, 2.75) is 156 Å². The zero-order valence-electron chi connectivity index (χ0n) is 21.9. The smallest absolute Gasteiger partial charge is 0.0149 e. The van der Waals surface area contributed by atoms with Crippen LogP contribution >= 0.6 is 71.9 Å². The maximum absolute atomic E-state index is 6.01. The van der Waals surface area contributed by atoms with Gasteiger partial charge >= 0.3 is 0 Å². The summed E-state index contributed by atoms with van der Waals surface area (Å²) in [4.78, 5) is 0. The summed E-state index contributed by atoms with van der Waals surface area (Å²) < 4.78 is 0. The SMILES string of the molecule is CCCC(N)(CC)CC.CCCC(N)(CC)CC.CCCC(N)(CC)CC.I.I.I. The average Bonchev–Trinajstić information content (AvgIpc) is 2.69. The van der Waals surface area contributed by atoms with E-state index in [1.165, 1.54) is 38.5 Å². The first kappa shape index (κ1) is 45.6. The maximum atomic E-state index is 6.01. The molecule has 0 fully saturated rings. The highest BCUT2D eigenvalue weighted by Crippen LogP contribution is 2.18. The molecule has 192 valence electrons. The minimum atomic E-state index is 0. The van der Waals surface area contributed by atoms with E-state index < -0.39 is 0 Å². The van der Waals surface area contributed by atoms with Gasteiger partial charge in [-0.2, -0.15) is 0 Å². The Kier molecular flexibility index (Phi) is 41.5. The van der Waals surface area contributed by atoms with Gasteiger partial charge in [-0.15, -0.1) is 71.9 Å². The van der Waals surface area contributed by atoms with Crippen LogP contribution in [-0.2, 0) is 0 Å². The number of hydrogen-bond donors (Lipinski definition) is 3. The van der Waals surface area contributed by atoms with Gasteiger partial charge in [-0.3, -0.25) is 0 Å². The topological polar surface area (TPSA) is 78.1 Å². The first-order valence-corrected chi connectivity index (χ1v) is 11.9. The Morgan fingerprint density at radius 1 is 0.367 bits per heavy atom. The Morgan fingerprint density at radius 2 is 0.500 bits per heavy atom. The second kappa shape index (κ2) is 27.3. The molecule has 0 aromatic carbocycles. The van der Waals surface area contributed by atoms with E-state index in [4.69, 9.17) is 17.2 Å². The lowest BCUT2D eigenvalue weighted by Gasteiger charge is -2.25. The summed E-state index contributed by atoms with van der Waals surface area (Å²) >= 11 is 0. The van der Waals surface area contributed by atoms with Gasteiger partial charge in [0.25, 0.3) is 0 Å². The van der Waals surface area contributed by atoms with Crippen molar-refractivity contribution in [3.8, 4) is 0 Å². The maximum Gasteiger partial charge on any atom is 0.0149 e. The van der Waals surface area contributed by atoms with Crippen molar-refractivity contribution in [3.05, 3.63) is 0 Å². The normalized spacial score (nSPS) is 10.8. The van der Waals surface area contributed by atoms with E-state index in [9.17, 15) is 0 Å². The molecule has 6 N–H and O–H groups in total. The van der Waals surface area contributed by atoms with Crippen molar-refractivity contribution in [2.75, 3.05) is 0 Å². The molecule has 0 saturated heterocycles. The molecule has 0 aromatic rings. The summed E-state index contributed by atoms with van der Waals surface area (Å²) in [6, 6.07) is 0. The highest BCUT2D eigenvalue weighted by atomic mass is 127. The molecule has 30 heavy (non-hydrogen) atoms. The highest BCUT2D eigenvalue weighted by molar-refractivity contribution is 14.0. The molecular weight excluding hydrogens is 711 g/mol. The van der Waals surface area contributed by atoms with E-state index in [1.54, 1.807) is 0 Å². The Balaban J connectivity index is -0.0000000686. The van der Waals surface area contributed by atoms with Crippen LogP contribution in [-0.4, -0.2) is 16.6 Å². The van der Waals surface area contributed by atoms with Crippen molar-refractivity contribution in [3.63, 3.8) is 0 Å². The zero-order valence-corrected chi connectivity index (χ0v) is 28.9. The summed E-state index contributed by atoms with van der Waals surface area (Å²) in [6.07, 6.45) is 13.8. The van der Waals surface area contributed by atoms with E-state index in [2.05, 4.69) is 62.3 Å². The predicted molar refractivity (Wildman–Crippen MR) is 173 cm³/mol. The fourth-order valence-electron chi connectivity index (χ4n) is 3.30. The van der Waals surface area contributed by atoms with Gasteiger partial charge in [0.1, 0.15) is 0 Å². The lowest BCUT2D eigenvalue weighted by molar-refractivity contribution is 0.363. The first-order chi connectivity index (χ1) is 12.5. The van der Waals surface area contributed by atoms with Crippen LogP contribution in [0.25, 0.3) is 0 Å². The van der Waals surface area contributed by atoms with Crippen LogP contribution in [0.3, 0.4) is 0 Å². The lowest BCUT2D eigenvalue weighted by Crippen LogP contribution is -2.37. The van der Waals surface area contributed by atoms with Gasteiger partial charge in [-0.1, -0.05) is 81.6 Å². The molecule has 0 unspecified atom stereocenters. The van der Waals surface area contributed by atoms with Crippen LogP contribution in [0.2, 0.25) is 0 Å². The van der Waals surface area contributed by atoms with Crippen LogP contribution in [0, 0.1) is 0 Å². The molecular formula is C24H60I3N3. The van der Waals surface area contributed by atoms with Gasteiger partial charge in [0.05, 0.1) is 0 Å². The van der Waals surface area contributed by atoms with Gasteiger partial charge in [-0.05, 0) is 57.8 Å². The van der Waals surface area contributed by atoms with Gasteiger partial charge in [0, 0.05) is 16.6 Å². The van der Waals surface area contributed by atoms with Crippen LogP contribution in [0.4, 0.5) is 0 Å². The number of halogens is 3. The third-order valence-electron chi connectivity index (χ3n) is 6.47. The number of rotatable bonds is 12. The van der Waals surface area contributed by atoms with Crippen molar-refractivity contribution >= 4 is 71.9 Å². The molecule has 0 bridgehead atoms. The zero-order chi connectivity index (χ0) is 22.0. The second-order valence-corrected chi connectivity index (χ2v) is 8.46. The Labute approximate surface area is 243 Å².